The molecule has 1 heteroatoms. The van der Waals surface area contributed by atoms with Gasteiger partial charge in [-0.3, -0.25) is 0 Å². The SMILES string of the molecule is CC(C)CCC12CC(C1)N(C)C2. The van der Waals surface area contributed by atoms with Gasteiger partial charge in [0.25, 0.3) is 0 Å². The van der Waals surface area contributed by atoms with Gasteiger partial charge in [0.15, 0.2) is 0 Å². The van der Waals surface area contributed by atoms with Crippen LogP contribution in [0.1, 0.15) is 39.5 Å². The van der Waals surface area contributed by atoms with Crippen LogP contribution in [-0.4, -0.2) is 24.5 Å². The van der Waals surface area contributed by atoms with Crippen LogP contribution in [0.15, 0.2) is 0 Å². The van der Waals surface area contributed by atoms with Crippen molar-refractivity contribution in [3.8, 4) is 0 Å². The quantitative estimate of drug-likeness (QED) is 0.624. The number of hydrogen-bond donors (Lipinski definition) is 0. The van der Waals surface area contributed by atoms with Crippen LogP contribution in [0.2, 0.25) is 0 Å². The van der Waals surface area contributed by atoms with Gasteiger partial charge in [-0.1, -0.05) is 20.3 Å². The monoisotopic (exact) mass is 167 g/mol. The lowest BCUT2D eigenvalue weighted by atomic mass is 9.67. The molecule has 0 unspecified atom stereocenters. The van der Waals surface area contributed by atoms with Crippen molar-refractivity contribution in [3.05, 3.63) is 0 Å². The molecule has 0 amide bonds. The Kier molecular flexibility index (Phi) is 1.95. The Balaban J connectivity index is 1.82. The molecule has 0 radical (unpaired) electrons. The van der Waals surface area contributed by atoms with Crippen LogP contribution in [0, 0.1) is 11.3 Å². The first-order chi connectivity index (χ1) is 5.61. The molecule has 0 N–H and O–H groups in total. The summed E-state index contributed by atoms with van der Waals surface area (Å²) in [6, 6.07) is 0.956. The molecule has 2 heterocycles. The normalized spacial score (nSPS) is 40.5. The van der Waals surface area contributed by atoms with E-state index in [4.69, 9.17) is 0 Å². The summed E-state index contributed by atoms with van der Waals surface area (Å²) in [5.74, 6) is 0.893. The summed E-state index contributed by atoms with van der Waals surface area (Å²) >= 11 is 0. The molecule has 2 saturated heterocycles. The molecule has 2 aliphatic heterocycles. The van der Waals surface area contributed by atoms with Gasteiger partial charge in [0, 0.05) is 12.6 Å². The maximum Gasteiger partial charge on any atom is 0.0104 e. The third kappa shape index (κ3) is 1.28. The Morgan fingerprint density at radius 2 is 2.08 bits per heavy atom. The maximum absolute atomic E-state index is 2.56. The Labute approximate surface area is 76.1 Å². The van der Waals surface area contributed by atoms with Crippen LogP contribution in [0.3, 0.4) is 0 Å². The minimum atomic E-state index is 0.768. The van der Waals surface area contributed by atoms with Crippen molar-refractivity contribution in [1.82, 2.24) is 4.90 Å². The van der Waals surface area contributed by atoms with Crippen LogP contribution in [-0.2, 0) is 0 Å². The molecule has 2 bridgehead atoms. The van der Waals surface area contributed by atoms with Crippen molar-refractivity contribution in [3.63, 3.8) is 0 Å². The summed E-state index contributed by atoms with van der Waals surface area (Å²) in [6.45, 7) is 6.06. The van der Waals surface area contributed by atoms with Gasteiger partial charge in [-0.25, -0.2) is 0 Å². The molecule has 0 aromatic heterocycles. The molecule has 1 nitrogen and oxygen atoms in total. The summed E-state index contributed by atoms with van der Waals surface area (Å²) < 4.78 is 0. The molecule has 3 aliphatic rings. The van der Waals surface area contributed by atoms with E-state index in [2.05, 4.69) is 25.8 Å². The van der Waals surface area contributed by atoms with Gasteiger partial charge >= 0.3 is 0 Å². The van der Waals surface area contributed by atoms with E-state index in [1.807, 2.05) is 0 Å². The fourth-order valence-corrected chi connectivity index (χ4v) is 2.92. The molecule has 3 fully saturated rings. The third-order valence-corrected chi connectivity index (χ3v) is 3.80. The van der Waals surface area contributed by atoms with Crippen LogP contribution < -0.4 is 0 Å². The van der Waals surface area contributed by atoms with Gasteiger partial charge < -0.3 is 4.90 Å². The highest BCUT2D eigenvalue weighted by molar-refractivity contribution is 5.06. The zero-order valence-electron chi connectivity index (χ0n) is 8.64. The summed E-state index contributed by atoms with van der Waals surface area (Å²) in [6.07, 6.45) is 5.90. The smallest absolute Gasteiger partial charge is 0.0104 e. The fraction of sp³-hybridized carbons (Fsp3) is 1.00. The Morgan fingerprint density at radius 1 is 1.42 bits per heavy atom. The van der Waals surface area contributed by atoms with Crippen LogP contribution >= 0.6 is 0 Å². The molecule has 0 spiro atoms. The molecular weight excluding hydrogens is 146 g/mol. The van der Waals surface area contributed by atoms with Crippen molar-refractivity contribution in [2.45, 2.75) is 45.6 Å². The topological polar surface area (TPSA) is 3.24 Å². The van der Waals surface area contributed by atoms with E-state index in [1.54, 1.807) is 0 Å². The molecule has 1 saturated carbocycles. The highest BCUT2D eigenvalue weighted by Crippen LogP contribution is 2.54. The zero-order chi connectivity index (χ0) is 8.77. The second-order valence-electron chi connectivity index (χ2n) is 5.41. The van der Waals surface area contributed by atoms with Crippen LogP contribution in [0.25, 0.3) is 0 Å². The van der Waals surface area contributed by atoms with Crippen LogP contribution in [0.5, 0.6) is 0 Å². The van der Waals surface area contributed by atoms with Gasteiger partial charge in [-0.05, 0) is 37.6 Å². The molecule has 12 heavy (non-hydrogen) atoms. The lowest BCUT2D eigenvalue weighted by Gasteiger charge is -2.37. The van der Waals surface area contributed by atoms with E-state index in [1.165, 1.54) is 32.2 Å². The second kappa shape index (κ2) is 2.73. The third-order valence-electron chi connectivity index (χ3n) is 3.80. The molecule has 0 aromatic carbocycles. The maximum atomic E-state index is 2.56. The van der Waals surface area contributed by atoms with E-state index >= 15 is 0 Å². The first-order valence-corrected chi connectivity index (χ1v) is 5.32. The van der Waals surface area contributed by atoms with Crippen molar-refractivity contribution in [2.75, 3.05) is 13.6 Å². The second-order valence-corrected chi connectivity index (χ2v) is 5.41. The minimum absolute atomic E-state index is 0.768. The summed E-state index contributed by atoms with van der Waals surface area (Å²) in [5.41, 5.74) is 0.768. The predicted octanol–water partition coefficient (Wildman–Crippen LogP) is 2.52. The van der Waals surface area contributed by atoms with E-state index in [0.29, 0.717) is 0 Å². The molecule has 0 aromatic rings. The average Bonchev–Trinajstić information content (AvgIpc) is 2.35. The minimum Gasteiger partial charge on any atom is -0.303 e. The lowest BCUT2D eigenvalue weighted by molar-refractivity contribution is 0.160. The van der Waals surface area contributed by atoms with E-state index < -0.39 is 0 Å². The van der Waals surface area contributed by atoms with E-state index in [9.17, 15) is 0 Å². The summed E-state index contributed by atoms with van der Waals surface area (Å²) in [4.78, 5) is 2.56. The van der Waals surface area contributed by atoms with Crippen molar-refractivity contribution >= 4 is 0 Å². The fourth-order valence-electron chi connectivity index (χ4n) is 2.92. The van der Waals surface area contributed by atoms with Gasteiger partial charge in [0.05, 0.1) is 0 Å². The predicted molar refractivity (Wildman–Crippen MR) is 52.2 cm³/mol. The summed E-state index contributed by atoms with van der Waals surface area (Å²) in [7, 11) is 2.29. The molecule has 70 valence electrons. The number of nitrogens with zero attached hydrogens (tertiary/aromatic N) is 1. The number of fused-ring (bicyclic) bond motifs is 1. The molecule has 1 aliphatic carbocycles. The summed E-state index contributed by atoms with van der Waals surface area (Å²) in [5, 5.41) is 0. The highest BCUT2D eigenvalue weighted by atomic mass is 15.2. The average molecular weight is 167 g/mol. The van der Waals surface area contributed by atoms with Crippen molar-refractivity contribution in [1.29, 1.82) is 0 Å². The molecule has 0 atom stereocenters. The van der Waals surface area contributed by atoms with Crippen LogP contribution in [0.4, 0.5) is 0 Å². The molecular formula is C11H21N. The largest absolute Gasteiger partial charge is 0.303 e. The Morgan fingerprint density at radius 3 is 2.50 bits per heavy atom. The van der Waals surface area contributed by atoms with Gasteiger partial charge in [0.2, 0.25) is 0 Å². The highest BCUT2D eigenvalue weighted by Gasteiger charge is 2.52. The molecule has 3 rings (SSSR count). The Hall–Kier alpha value is -0.0400. The van der Waals surface area contributed by atoms with Crippen molar-refractivity contribution in [2.24, 2.45) is 11.3 Å². The van der Waals surface area contributed by atoms with Gasteiger partial charge in [0.1, 0.15) is 0 Å². The van der Waals surface area contributed by atoms with E-state index in [-0.39, 0.29) is 0 Å². The lowest BCUT2D eigenvalue weighted by Crippen LogP contribution is -2.34. The van der Waals surface area contributed by atoms with Gasteiger partial charge in [-0.15, -0.1) is 0 Å². The number of rotatable bonds is 3. The van der Waals surface area contributed by atoms with Crippen molar-refractivity contribution < 1.29 is 0 Å². The standard InChI is InChI=1S/C11H21N/c1-9(2)4-5-11-6-10(7-11)12(3)8-11/h9-10H,4-8H2,1-3H3. The van der Waals surface area contributed by atoms with E-state index in [0.717, 1.165) is 17.4 Å². The first-order valence-electron chi connectivity index (χ1n) is 5.32. The first kappa shape index (κ1) is 8.55. The number of hydrogen-bond acceptors (Lipinski definition) is 1. The zero-order valence-corrected chi connectivity index (χ0v) is 8.64. The Bertz CT molecular complexity index is 168. The van der Waals surface area contributed by atoms with Gasteiger partial charge in [-0.2, -0.15) is 0 Å².